The molecule has 0 bridgehead atoms. The summed E-state index contributed by atoms with van der Waals surface area (Å²) in [5.74, 6) is -2.02. The summed E-state index contributed by atoms with van der Waals surface area (Å²) in [6.07, 6.45) is 109. The lowest BCUT2D eigenvalue weighted by Gasteiger charge is -2.25. The summed E-state index contributed by atoms with van der Waals surface area (Å²) in [6, 6.07) is 0. The number of ether oxygens (including phenoxy) is 4. The number of carbonyl (C=O) groups is 3. The molecule has 0 saturated heterocycles. The third kappa shape index (κ3) is 75.9. The summed E-state index contributed by atoms with van der Waals surface area (Å²) in [4.78, 5) is 37.7. The van der Waals surface area contributed by atoms with E-state index in [1.165, 1.54) is 128 Å². The fourth-order valence-corrected chi connectivity index (χ4v) is 10.2. The second-order valence-electron chi connectivity index (χ2n) is 26.2. The van der Waals surface area contributed by atoms with Gasteiger partial charge in [-0.25, -0.2) is 4.79 Å². The van der Waals surface area contributed by atoms with E-state index in [0.29, 0.717) is 23.9 Å². The van der Waals surface area contributed by atoms with E-state index in [9.17, 15) is 19.5 Å². The molecule has 0 aliphatic carbocycles. The molecule has 0 aliphatic heterocycles. The fourth-order valence-electron chi connectivity index (χ4n) is 10.2. The number of nitrogens with zero attached hydrogens (tertiary/aromatic N) is 1. The molecule has 0 heterocycles. The number of likely N-dealkylation sites (N-methyl/N-ethyl adjacent to an activating group) is 1. The van der Waals surface area contributed by atoms with Crippen LogP contribution in [0.2, 0.25) is 0 Å². The molecule has 0 aromatic carbocycles. The maximum Gasteiger partial charge on any atom is 0.361 e. The second kappa shape index (κ2) is 74.4. The van der Waals surface area contributed by atoms with Gasteiger partial charge in [-0.3, -0.25) is 9.59 Å². The van der Waals surface area contributed by atoms with Crippen LogP contribution in [-0.4, -0.2) is 87.4 Å². The van der Waals surface area contributed by atoms with Crippen molar-refractivity contribution in [3.63, 3.8) is 0 Å². The van der Waals surface area contributed by atoms with Gasteiger partial charge < -0.3 is 28.5 Å². The van der Waals surface area contributed by atoms with Crippen LogP contribution in [0.3, 0.4) is 0 Å². The molecule has 0 aromatic rings. The predicted molar refractivity (Wildman–Crippen MR) is 410 cm³/mol. The minimum Gasteiger partial charge on any atom is -0.477 e. The zero-order valence-electron chi connectivity index (χ0n) is 61.5. The molecule has 0 spiro atoms. The maximum absolute atomic E-state index is 13.0. The number of aliphatic carboxylic acids is 1. The first kappa shape index (κ1) is 89.6. The van der Waals surface area contributed by atoms with E-state index in [1.807, 2.05) is 21.1 Å². The van der Waals surface area contributed by atoms with E-state index < -0.39 is 24.3 Å². The van der Waals surface area contributed by atoms with Crippen molar-refractivity contribution in [3.05, 3.63) is 170 Å². The minimum absolute atomic E-state index is 0.178. The molecule has 0 saturated carbocycles. The van der Waals surface area contributed by atoms with Crippen molar-refractivity contribution < 1.29 is 42.9 Å². The Morgan fingerprint density at radius 1 is 0.316 bits per heavy atom. The highest BCUT2D eigenvalue weighted by atomic mass is 16.7. The van der Waals surface area contributed by atoms with Gasteiger partial charge in [0, 0.05) is 12.8 Å². The van der Waals surface area contributed by atoms with E-state index in [4.69, 9.17) is 18.9 Å². The average molecular weight is 1320 g/mol. The fraction of sp³-hybridized carbons (Fsp3) is 0.640. The number of allylic oxidation sites excluding steroid dienone is 28. The molecule has 0 radical (unpaired) electrons. The number of carboxylic acids is 1. The number of rotatable bonds is 69. The third-order valence-electron chi connectivity index (χ3n) is 16.0. The average Bonchev–Trinajstić information content (AvgIpc) is 3.58. The predicted octanol–water partition coefficient (Wildman–Crippen LogP) is 24.6. The SMILES string of the molecule is CC/C=C\C/C=C\C/C=C\C/C=C\C/C=C\C/C=C\C/C=C\C/C=C\C/C=C\CCCCCCCCCC(=O)OC(COC(=O)CCCCCCCCCCCCCCCCCCCCC/C=C\C/C=C\C/C=C\C/C=C\C/C=C\CC)COC(OCC[N+](C)(C)C)C(=O)O. The van der Waals surface area contributed by atoms with Crippen molar-refractivity contribution in [2.24, 2.45) is 0 Å². The van der Waals surface area contributed by atoms with Crippen LogP contribution in [0.25, 0.3) is 0 Å². The quantitative estimate of drug-likeness (QED) is 0.0211. The van der Waals surface area contributed by atoms with E-state index in [-0.39, 0.29) is 32.2 Å². The van der Waals surface area contributed by atoms with Gasteiger partial charge in [-0.15, -0.1) is 0 Å². The van der Waals surface area contributed by atoms with Gasteiger partial charge in [0.2, 0.25) is 0 Å². The Hall–Kier alpha value is -5.35. The molecule has 0 aromatic heterocycles. The standard InChI is InChI=1S/C86H141NO8/c1-6-8-10-12-14-16-18-20-22-24-26-28-30-32-34-36-38-40-42-44-46-48-50-52-54-56-58-60-62-64-66-68-70-72-74-76-83(88)93-80-82(81-94-86(85(90)91)92-79-78-87(3,4)5)95-84(89)77-75-73-71-69-67-65-63-61-59-57-55-53-51-49-47-45-43-41-39-37-35-33-31-29-27-25-23-21-19-17-15-13-11-9-7-2/h8-11,14-17,20-23,26-29,32-35,39,41,45,47,51,53,57,59,82,86H,6-7,12-13,18-19,24-25,30-31,36-38,40,42-44,46,48-50,52,54-56,58,60-81H2,1-5H3/p+1/b10-8-,11-9-,16-14-,17-15-,22-20-,23-21-,28-26-,29-27-,34-32-,35-33-,41-39-,47-45-,53-51-,59-57-. The van der Waals surface area contributed by atoms with Crippen molar-refractivity contribution in [1.82, 2.24) is 0 Å². The molecule has 95 heavy (non-hydrogen) atoms. The molecule has 538 valence electrons. The number of unbranched alkanes of at least 4 members (excludes halogenated alkanes) is 26. The Balaban J connectivity index is 4.13. The Bertz CT molecular complexity index is 2170. The molecule has 0 amide bonds. The van der Waals surface area contributed by atoms with Crippen LogP contribution in [0.15, 0.2) is 170 Å². The highest BCUT2D eigenvalue weighted by Crippen LogP contribution is 2.17. The highest BCUT2D eigenvalue weighted by Gasteiger charge is 2.25. The lowest BCUT2D eigenvalue weighted by molar-refractivity contribution is -0.870. The maximum atomic E-state index is 13.0. The van der Waals surface area contributed by atoms with Gasteiger partial charge >= 0.3 is 17.9 Å². The van der Waals surface area contributed by atoms with Crippen molar-refractivity contribution in [2.75, 3.05) is 47.5 Å². The zero-order chi connectivity index (χ0) is 69.0. The third-order valence-corrected chi connectivity index (χ3v) is 16.0. The normalized spacial score (nSPS) is 13.7. The summed E-state index contributed by atoms with van der Waals surface area (Å²) in [6.45, 7) is 4.64. The van der Waals surface area contributed by atoms with Gasteiger partial charge in [0.25, 0.3) is 6.29 Å². The minimum atomic E-state index is -1.52. The van der Waals surface area contributed by atoms with Crippen molar-refractivity contribution >= 4 is 17.9 Å². The number of carboxylic acid groups (broad SMARTS) is 1. The Kier molecular flexibility index (Phi) is 70.2. The lowest BCUT2D eigenvalue weighted by atomic mass is 10.0. The molecular weight excluding hydrogens is 1170 g/mol. The zero-order valence-corrected chi connectivity index (χ0v) is 61.5. The Morgan fingerprint density at radius 2 is 0.568 bits per heavy atom. The molecule has 9 heteroatoms. The van der Waals surface area contributed by atoms with E-state index in [2.05, 4.69) is 184 Å². The smallest absolute Gasteiger partial charge is 0.361 e. The van der Waals surface area contributed by atoms with Crippen molar-refractivity contribution in [1.29, 1.82) is 0 Å². The van der Waals surface area contributed by atoms with Gasteiger partial charge in [-0.05, 0) is 128 Å². The highest BCUT2D eigenvalue weighted by molar-refractivity contribution is 5.71. The van der Waals surface area contributed by atoms with E-state index in [0.717, 1.165) is 135 Å². The largest absolute Gasteiger partial charge is 0.477 e. The number of hydrogen-bond acceptors (Lipinski definition) is 7. The molecule has 2 unspecified atom stereocenters. The van der Waals surface area contributed by atoms with Crippen LogP contribution in [0, 0.1) is 0 Å². The van der Waals surface area contributed by atoms with E-state index >= 15 is 0 Å². The van der Waals surface area contributed by atoms with Crippen LogP contribution < -0.4 is 0 Å². The lowest BCUT2D eigenvalue weighted by Crippen LogP contribution is -2.40. The number of carbonyl (C=O) groups excluding carboxylic acids is 2. The van der Waals surface area contributed by atoms with Crippen LogP contribution in [0.1, 0.15) is 296 Å². The molecule has 0 rings (SSSR count). The molecule has 2 atom stereocenters. The molecule has 0 fully saturated rings. The van der Waals surface area contributed by atoms with Gasteiger partial charge in [0.1, 0.15) is 13.2 Å². The van der Waals surface area contributed by atoms with Crippen LogP contribution >= 0.6 is 0 Å². The summed E-state index contributed by atoms with van der Waals surface area (Å²) < 4.78 is 23.0. The Labute approximate surface area is 584 Å². The van der Waals surface area contributed by atoms with Crippen LogP contribution in [-0.2, 0) is 33.3 Å². The van der Waals surface area contributed by atoms with Gasteiger partial charge in [0.15, 0.2) is 6.10 Å². The van der Waals surface area contributed by atoms with Crippen molar-refractivity contribution in [3.8, 4) is 0 Å². The van der Waals surface area contributed by atoms with Gasteiger partial charge in [-0.2, -0.15) is 0 Å². The molecular formula is C86H142NO8+. The topological polar surface area (TPSA) is 108 Å². The molecule has 0 aliphatic rings. The van der Waals surface area contributed by atoms with Gasteiger partial charge in [0.05, 0.1) is 34.4 Å². The summed E-state index contributed by atoms with van der Waals surface area (Å²) >= 11 is 0. The first-order chi connectivity index (χ1) is 46.6. The summed E-state index contributed by atoms with van der Waals surface area (Å²) in [7, 11) is 5.97. The summed E-state index contributed by atoms with van der Waals surface area (Å²) in [5.41, 5.74) is 0. The second-order valence-corrected chi connectivity index (χ2v) is 26.2. The van der Waals surface area contributed by atoms with Crippen molar-refractivity contribution in [2.45, 2.75) is 309 Å². The number of esters is 2. The number of hydrogen-bond donors (Lipinski definition) is 1. The Morgan fingerprint density at radius 3 is 0.842 bits per heavy atom. The van der Waals surface area contributed by atoms with Gasteiger partial charge in [-0.1, -0.05) is 325 Å². The summed E-state index contributed by atoms with van der Waals surface area (Å²) in [5, 5.41) is 9.77. The number of quaternary nitrogens is 1. The molecule has 9 nitrogen and oxygen atoms in total. The first-order valence-electron chi connectivity index (χ1n) is 38.3. The van der Waals surface area contributed by atoms with Crippen LogP contribution in [0.5, 0.6) is 0 Å². The monoisotopic (exact) mass is 1320 g/mol. The molecule has 1 N–H and O–H groups in total. The van der Waals surface area contributed by atoms with Crippen LogP contribution in [0.4, 0.5) is 0 Å². The van der Waals surface area contributed by atoms with E-state index in [1.54, 1.807) is 0 Å². The first-order valence-corrected chi connectivity index (χ1v) is 38.3.